The van der Waals surface area contributed by atoms with Crippen molar-refractivity contribution in [1.82, 2.24) is 10.3 Å². The van der Waals surface area contributed by atoms with Crippen molar-refractivity contribution in [3.8, 4) is 6.07 Å². The topological polar surface area (TPSA) is 125 Å². The average molecular weight is 586 g/mol. The lowest BCUT2D eigenvalue weighted by atomic mass is 9.78. The Kier molecular flexibility index (Phi) is 8.53. The maximum absolute atomic E-state index is 14.0. The average Bonchev–Trinajstić information content (AvgIpc) is 3.76. The molecule has 0 bridgehead atoms. The Balaban J connectivity index is 1.44. The summed E-state index contributed by atoms with van der Waals surface area (Å²) in [5, 5.41) is 14.9. The van der Waals surface area contributed by atoms with Crippen LogP contribution in [0.2, 0.25) is 5.22 Å². The molecular weight excluding hydrogens is 550 g/mol. The van der Waals surface area contributed by atoms with Crippen molar-refractivity contribution >= 4 is 29.1 Å². The molecule has 1 unspecified atom stereocenters. The molecule has 1 saturated heterocycles. The van der Waals surface area contributed by atoms with Gasteiger partial charge in [-0.25, -0.2) is 5.43 Å². The van der Waals surface area contributed by atoms with Gasteiger partial charge in [0.1, 0.15) is 5.76 Å². The zero-order valence-electron chi connectivity index (χ0n) is 24.0. The molecule has 1 aromatic heterocycles. The second-order valence-corrected chi connectivity index (χ2v) is 12.1. The third-order valence-corrected chi connectivity index (χ3v) is 8.72. The first-order chi connectivity index (χ1) is 20.1. The molecule has 0 spiro atoms. The Morgan fingerprint density at radius 1 is 1.14 bits per heavy atom. The summed E-state index contributed by atoms with van der Waals surface area (Å²) in [7, 11) is 0. The molecule has 2 atom stereocenters. The monoisotopic (exact) mass is 585 g/mol. The number of hydrogen-bond acceptors (Lipinski definition) is 6. The van der Waals surface area contributed by atoms with Crippen LogP contribution in [0.3, 0.4) is 0 Å². The highest BCUT2D eigenvalue weighted by molar-refractivity contribution is 6.28. The highest BCUT2D eigenvalue weighted by atomic mass is 35.5. The van der Waals surface area contributed by atoms with Gasteiger partial charge in [0, 0.05) is 12.1 Å². The molecule has 3 N–H and O–H groups in total. The summed E-state index contributed by atoms with van der Waals surface area (Å²) in [5.74, 6) is 0.0974. The summed E-state index contributed by atoms with van der Waals surface area (Å²) >= 11 is 6.03. The Labute approximate surface area is 251 Å². The number of nitrogens with two attached hydrogens (primary N) is 1. The van der Waals surface area contributed by atoms with Crippen LogP contribution in [0, 0.1) is 11.3 Å². The number of carbonyl (C=O) groups is 2. The summed E-state index contributed by atoms with van der Waals surface area (Å²) in [5.41, 5.74) is 10.6. The van der Waals surface area contributed by atoms with Crippen LogP contribution in [0.25, 0.3) is 0 Å². The molecule has 1 aliphatic carbocycles. The Bertz CT molecular complexity index is 1530. The van der Waals surface area contributed by atoms with E-state index < -0.39 is 16.9 Å². The first-order valence-corrected chi connectivity index (χ1v) is 14.8. The van der Waals surface area contributed by atoms with E-state index >= 15 is 0 Å². The van der Waals surface area contributed by atoms with E-state index in [0.717, 1.165) is 49.7 Å². The van der Waals surface area contributed by atoms with Gasteiger partial charge >= 0.3 is 0 Å². The quantitative estimate of drug-likeness (QED) is 0.246. The zero-order valence-corrected chi connectivity index (χ0v) is 24.8. The van der Waals surface area contributed by atoms with E-state index in [2.05, 4.69) is 16.6 Å². The van der Waals surface area contributed by atoms with E-state index in [1.54, 1.807) is 26.0 Å². The van der Waals surface area contributed by atoms with E-state index in [0.29, 0.717) is 35.6 Å². The minimum Gasteiger partial charge on any atom is -0.448 e. The lowest BCUT2D eigenvalue weighted by Crippen LogP contribution is -2.52. The molecule has 9 heteroatoms. The molecule has 2 aliphatic rings. The Morgan fingerprint density at radius 2 is 1.86 bits per heavy atom. The summed E-state index contributed by atoms with van der Waals surface area (Å²) in [6.07, 6.45) is 5.34. The van der Waals surface area contributed by atoms with Crippen molar-refractivity contribution < 1.29 is 14.0 Å². The molecule has 3 aromatic rings. The number of halogens is 1. The second kappa shape index (κ2) is 12.1. The molecule has 8 nitrogen and oxygen atoms in total. The van der Waals surface area contributed by atoms with Crippen LogP contribution < -0.4 is 11.2 Å². The summed E-state index contributed by atoms with van der Waals surface area (Å²) in [6, 6.07) is 21.0. The van der Waals surface area contributed by atoms with E-state index in [1.807, 2.05) is 53.4 Å². The zero-order chi connectivity index (χ0) is 29.9. The van der Waals surface area contributed by atoms with Crippen molar-refractivity contribution in [2.24, 2.45) is 10.8 Å². The van der Waals surface area contributed by atoms with Gasteiger partial charge in [-0.3, -0.25) is 9.59 Å². The number of nitrogens with one attached hydrogen (secondary N) is 1. The highest BCUT2D eigenvalue weighted by Crippen LogP contribution is 2.42. The van der Waals surface area contributed by atoms with Gasteiger partial charge in [0.25, 0.3) is 11.8 Å². The van der Waals surface area contributed by atoms with E-state index in [4.69, 9.17) is 21.8 Å². The predicted molar refractivity (Wildman–Crippen MR) is 162 cm³/mol. The molecule has 2 fully saturated rings. The van der Waals surface area contributed by atoms with Gasteiger partial charge in [-0.2, -0.15) is 10.4 Å². The van der Waals surface area contributed by atoms with E-state index in [1.165, 1.54) is 0 Å². The van der Waals surface area contributed by atoms with E-state index in [-0.39, 0.29) is 17.2 Å². The van der Waals surface area contributed by atoms with Gasteiger partial charge in [0.15, 0.2) is 5.22 Å². The SMILES string of the molecule is C/C(=N\NC(=O)[C@](C)(N)Cc1ccccc1)c1cc(C(=O)N2CCCC2c2ccc(Cl)o2)cc(C2(C#N)CCCC2)c1. The first-order valence-electron chi connectivity index (χ1n) is 14.4. The number of benzene rings is 2. The predicted octanol–water partition coefficient (Wildman–Crippen LogP) is 6.05. The van der Waals surface area contributed by atoms with Gasteiger partial charge in [-0.1, -0.05) is 43.2 Å². The van der Waals surface area contributed by atoms with Crippen LogP contribution in [-0.2, 0) is 16.6 Å². The Morgan fingerprint density at radius 3 is 2.52 bits per heavy atom. The molecule has 218 valence electrons. The highest BCUT2D eigenvalue weighted by Gasteiger charge is 2.38. The normalized spacial score (nSPS) is 19.7. The van der Waals surface area contributed by atoms with Crippen LogP contribution in [0.5, 0.6) is 0 Å². The molecule has 42 heavy (non-hydrogen) atoms. The minimum absolute atomic E-state index is 0.145. The maximum Gasteiger partial charge on any atom is 0.260 e. The number of carbonyl (C=O) groups excluding carboxylic acids is 2. The molecule has 1 aliphatic heterocycles. The van der Waals surface area contributed by atoms with Gasteiger partial charge in [0.05, 0.1) is 28.8 Å². The minimum atomic E-state index is -1.18. The maximum atomic E-state index is 14.0. The number of likely N-dealkylation sites (tertiary alicyclic amines) is 1. The Hall–Kier alpha value is -3.93. The molecular formula is C33H36ClN5O3. The molecule has 0 radical (unpaired) electrons. The molecule has 1 saturated carbocycles. The summed E-state index contributed by atoms with van der Waals surface area (Å²) < 4.78 is 5.66. The van der Waals surface area contributed by atoms with Gasteiger partial charge in [-0.05, 0) is 105 Å². The van der Waals surface area contributed by atoms with Gasteiger partial charge in [0.2, 0.25) is 0 Å². The molecule has 2 aromatic carbocycles. The molecule has 5 rings (SSSR count). The summed E-state index contributed by atoms with van der Waals surface area (Å²) in [4.78, 5) is 28.8. The number of nitrogens with zero attached hydrogens (tertiary/aromatic N) is 3. The van der Waals surface area contributed by atoms with Crippen LogP contribution in [0.15, 0.2) is 70.2 Å². The summed E-state index contributed by atoms with van der Waals surface area (Å²) in [6.45, 7) is 4.04. The third kappa shape index (κ3) is 6.13. The van der Waals surface area contributed by atoms with Gasteiger partial charge < -0.3 is 15.1 Å². The van der Waals surface area contributed by atoms with Crippen molar-refractivity contribution in [2.45, 2.75) is 75.8 Å². The fourth-order valence-electron chi connectivity index (χ4n) is 6.09. The lowest BCUT2D eigenvalue weighted by molar-refractivity contribution is -0.125. The number of amides is 2. The van der Waals surface area contributed by atoms with Crippen molar-refractivity contribution in [3.63, 3.8) is 0 Å². The fraction of sp³-hybridized carbons (Fsp3) is 0.394. The van der Waals surface area contributed by atoms with Crippen molar-refractivity contribution in [1.29, 1.82) is 5.26 Å². The van der Waals surface area contributed by atoms with Crippen LogP contribution >= 0.6 is 11.6 Å². The lowest BCUT2D eigenvalue weighted by Gasteiger charge is -2.26. The largest absolute Gasteiger partial charge is 0.448 e. The smallest absolute Gasteiger partial charge is 0.260 e. The van der Waals surface area contributed by atoms with Gasteiger partial charge in [-0.15, -0.1) is 0 Å². The molecule has 2 amide bonds. The third-order valence-electron chi connectivity index (χ3n) is 8.52. The number of hydrogen-bond donors (Lipinski definition) is 2. The first kappa shape index (κ1) is 29.6. The number of furan rings is 1. The number of rotatable bonds is 8. The van der Waals surface area contributed by atoms with Crippen LogP contribution in [0.4, 0.5) is 0 Å². The fourth-order valence-corrected chi connectivity index (χ4v) is 6.24. The second-order valence-electron chi connectivity index (χ2n) is 11.7. The van der Waals surface area contributed by atoms with Crippen LogP contribution in [-0.4, -0.2) is 34.5 Å². The van der Waals surface area contributed by atoms with Crippen LogP contribution in [0.1, 0.15) is 91.2 Å². The number of hydrazone groups is 1. The standard InChI is InChI=1S/C33H36ClN5O3/c1-22(37-38-31(41)32(2,36)20-23-9-4-3-5-10-23)24-17-25(19-26(18-24)33(21-35)14-6-7-15-33)30(40)39-16-8-11-27(39)28-12-13-29(34)42-28/h3-5,9-10,12-13,17-19,27H,6-8,11,14-16,20,36H2,1-2H3,(H,38,41)/b37-22+/t27?,32-/m1/s1. The van der Waals surface area contributed by atoms with Crippen molar-refractivity contribution in [2.75, 3.05) is 6.54 Å². The van der Waals surface area contributed by atoms with Crippen molar-refractivity contribution in [3.05, 3.63) is 93.9 Å². The van der Waals surface area contributed by atoms with E-state index in [9.17, 15) is 14.9 Å². The number of nitriles is 1. The molecule has 2 heterocycles.